The Kier molecular flexibility index (Phi) is 4.90. The zero-order valence-electron chi connectivity index (χ0n) is 13.2. The lowest BCUT2D eigenvalue weighted by Gasteiger charge is -2.27. The number of carbonyl (C=O) groups is 2. The molecule has 6 nitrogen and oxygen atoms in total. The van der Waals surface area contributed by atoms with Crippen molar-refractivity contribution in [3.63, 3.8) is 0 Å². The van der Waals surface area contributed by atoms with Crippen molar-refractivity contribution in [3.8, 4) is 11.5 Å². The minimum absolute atomic E-state index is 0.380. The van der Waals surface area contributed by atoms with Gasteiger partial charge in [0.05, 0.1) is 14.2 Å². The van der Waals surface area contributed by atoms with Gasteiger partial charge in [0.25, 0.3) is 6.29 Å². The summed E-state index contributed by atoms with van der Waals surface area (Å²) in [5, 5.41) is 0. The van der Waals surface area contributed by atoms with Gasteiger partial charge >= 0.3 is 11.9 Å². The molecule has 0 aromatic heterocycles. The summed E-state index contributed by atoms with van der Waals surface area (Å²) < 4.78 is 21.3. The predicted octanol–water partition coefficient (Wildman–Crippen LogP) is 2.32. The van der Waals surface area contributed by atoms with Gasteiger partial charge in [-0.3, -0.25) is 9.59 Å². The van der Waals surface area contributed by atoms with Crippen molar-refractivity contribution in [2.24, 2.45) is 0 Å². The normalized spacial score (nSPS) is 15.3. The standard InChI is InChI=1S/C16H20O6/c1-5-9-7-10(6-2)15(20-4)13(14(9)19-3)16-21-11(17)8-12(18)22-16/h7,16H,5-6,8H2,1-4H3. The van der Waals surface area contributed by atoms with Crippen LogP contribution in [0.3, 0.4) is 0 Å². The van der Waals surface area contributed by atoms with Crippen molar-refractivity contribution in [2.45, 2.75) is 39.4 Å². The highest BCUT2D eigenvalue weighted by molar-refractivity contribution is 5.92. The molecule has 120 valence electrons. The van der Waals surface area contributed by atoms with Gasteiger partial charge in [-0.15, -0.1) is 0 Å². The van der Waals surface area contributed by atoms with Crippen LogP contribution in [0.2, 0.25) is 0 Å². The van der Waals surface area contributed by atoms with E-state index >= 15 is 0 Å². The third-order valence-corrected chi connectivity index (χ3v) is 3.59. The summed E-state index contributed by atoms with van der Waals surface area (Å²) in [6, 6.07) is 1.99. The lowest BCUT2D eigenvalue weighted by atomic mass is 9.98. The summed E-state index contributed by atoms with van der Waals surface area (Å²) in [6.45, 7) is 3.98. The van der Waals surface area contributed by atoms with Crippen molar-refractivity contribution in [2.75, 3.05) is 14.2 Å². The molecule has 6 heteroatoms. The van der Waals surface area contributed by atoms with E-state index < -0.39 is 18.2 Å². The maximum absolute atomic E-state index is 11.6. The lowest BCUT2D eigenvalue weighted by molar-refractivity contribution is -0.205. The minimum Gasteiger partial charge on any atom is -0.496 e. The van der Waals surface area contributed by atoms with E-state index in [-0.39, 0.29) is 6.42 Å². The highest BCUT2D eigenvalue weighted by Crippen LogP contribution is 2.43. The number of benzene rings is 1. The van der Waals surface area contributed by atoms with E-state index in [4.69, 9.17) is 18.9 Å². The Morgan fingerprint density at radius 2 is 1.45 bits per heavy atom. The van der Waals surface area contributed by atoms with Crippen LogP contribution in [0.15, 0.2) is 6.07 Å². The zero-order valence-corrected chi connectivity index (χ0v) is 13.2. The van der Waals surface area contributed by atoms with Gasteiger partial charge in [-0.2, -0.15) is 0 Å². The first-order valence-corrected chi connectivity index (χ1v) is 7.21. The number of esters is 2. The molecule has 1 saturated heterocycles. The van der Waals surface area contributed by atoms with Gasteiger partial charge < -0.3 is 18.9 Å². The van der Waals surface area contributed by atoms with Crippen LogP contribution in [0.1, 0.15) is 43.2 Å². The second-order valence-electron chi connectivity index (χ2n) is 4.87. The fourth-order valence-electron chi connectivity index (χ4n) is 2.59. The summed E-state index contributed by atoms with van der Waals surface area (Å²) in [5.74, 6) is -0.205. The molecule has 0 saturated carbocycles. The van der Waals surface area contributed by atoms with Crippen LogP contribution in [0.25, 0.3) is 0 Å². The van der Waals surface area contributed by atoms with E-state index in [2.05, 4.69) is 0 Å². The van der Waals surface area contributed by atoms with E-state index in [1.54, 1.807) is 0 Å². The molecule has 1 aromatic rings. The van der Waals surface area contributed by atoms with Gasteiger partial charge in [-0.05, 0) is 30.0 Å². The number of cyclic esters (lactones) is 2. The predicted molar refractivity (Wildman–Crippen MR) is 77.8 cm³/mol. The van der Waals surface area contributed by atoms with Crippen LogP contribution in [0.5, 0.6) is 11.5 Å². The molecule has 0 N–H and O–H groups in total. The Labute approximate surface area is 129 Å². The molecule has 1 aliphatic rings. The number of carbonyl (C=O) groups excluding carboxylic acids is 2. The first-order chi connectivity index (χ1) is 10.5. The number of ether oxygens (including phenoxy) is 4. The average Bonchev–Trinajstić information content (AvgIpc) is 2.51. The fraction of sp³-hybridized carbons (Fsp3) is 0.500. The van der Waals surface area contributed by atoms with Gasteiger partial charge in [-0.25, -0.2) is 0 Å². The molecule has 1 heterocycles. The number of rotatable bonds is 5. The maximum atomic E-state index is 11.6. The molecular weight excluding hydrogens is 288 g/mol. The second-order valence-corrected chi connectivity index (χ2v) is 4.87. The highest BCUT2D eigenvalue weighted by atomic mass is 16.7. The van der Waals surface area contributed by atoms with Gasteiger partial charge in [0.15, 0.2) is 0 Å². The summed E-state index contributed by atoms with van der Waals surface area (Å²) in [4.78, 5) is 23.1. The molecule has 2 rings (SSSR count). The van der Waals surface area contributed by atoms with Crippen LogP contribution < -0.4 is 9.47 Å². The van der Waals surface area contributed by atoms with E-state index in [1.807, 2.05) is 19.9 Å². The zero-order chi connectivity index (χ0) is 16.3. The molecule has 1 fully saturated rings. The minimum atomic E-state index is -1.14. The lowest BCUT2D eigenvalue weighted by Crippen LogP contribution is -2.27. The van der Waals surface area contributed by atoms with Crippen LogP contribution in [-0.2, 0) is 31.9 Å². The molecule has 0 spiro atoms. The maximum Gasteiger partial charge on any atom is 0.320 e. The van der Waals surface area contributed by atoms with E-state index in [9.17, 15) is 9.59 Å². The second kappa shape index (κ2) is 6.68. The van der Waals surface area contributed by atoms with Crippen LogP contribution in [0.4, 0.5) is 0 Å². The first-order valence-electron chi connectivity index (χ1n) is 7.21. The number of hydrogen-bond acceptors (Lipinski definition) is 6. The van der Waals surface area contributed by atoms with Gasteiger partial charge in [0, 0.05) is 0 Å². The van der Waals surface area contributed by atoms with Crippen molar-refractivity contribution in [1.29, 1.82) is 0 Å². The number of hydrogen-bond donors (Lipinski definition) is 0. The van der Waals surface area contributed by atoms with Crippen LogP contribution in [-0.4, -0.2) is 26.2 Å². The molecular formula is C16H20O6. The molecule has 0 unspecified atom stereocenters. The SMILES string of the molecule is CCc1cc(CC)c(OC)c(C2OC(=O)CC(=O)O2)c1OC. The van der Waals surface area contributed by atoms with Crippen LogP contribution in [0, 0.1) is 0 Å². The average molecular weight is 308 g/mol. The quantitative estimate of drug-likeness (QED) is 0.614. The molecule has 0 radical (unpaired) electrons. The smallest absolute Gasteiger partial charge is 0.320 e. The van der Waals surface area contributed by atoms with Crippen molar-refractivity contribution >= 4 is 11.9 Å². The Hall–Kier alpha value is -2.24. The van der Waals surface area contributed by atoms with E-state index in [1.165, 1.54) is 14.2 Å². The van der Waals surface area contributed by atoms with E-state index in [0.29, 0.717) is 17.1 Å². The van der Waals surface area contributed by atoms with Gasteiger partial charge in [-0.1, -0.05) is 13.8 Å². The Morgan fingerprint density at radius 1 is 1.00 bits per heavy atom. The first kappa shape index (κ1) is 16.1. The summed E-state index contributed by atoms with van der Waals surface area (Å²) in [6.07, 6.45) is -0.0749. The molecule has 1 aromatic carbocycles. The molecule has 22 heavy (non-hydrogen) atoms. The third-order valence-electron chi connectivity index (χ3n) is 3.59. The van der Waals surface area contributed by atoms with Gasteiger partial charge in [0.2, 0.25) is 0 Å². The molecule has 1 aliphatic heterocycles. The topological polar surface area (TPSA) is 71.1 Å². The highest BCUT2D eigenvalue weighted by Gasteiger charge is 2.35. The monoisotopic (exact) mass is 308 g/mol. The van der Waals surface area contributed by atoms with Crippen molar-refractivity contribution in [1.82, 2.24) is 0 Å². The molecule has 0 amide bonds. The third kappa shape index (κ3) is 2.86. The van der Waals surface area contributed by atoms with Crippen molar-refractivity contribution in [3.05, 3.63) is 22.8 Å². The van der Waals surface area contributed by atoms with Crippen LogP contribution >= 0.6 is 0 Å². The summed E-state index contributed by atoms with van der Waals surface area (Å²) in [5.41, 5.74) is 2.32. The van der Waals surface area contributed by atoms with Gasteiger partial charge in [0.1, 0.15) is 23.5 Å². The Bertz CT molecular complexity index is 547. The fourth-order valence-corrected chi connectivity index (χ4v) is 2.59. The largest absolute Gasteiger partial charge is 0.496 e. The number of aryl methyl sites for hydroxylation is 2. The molecule has 0 aliphatic carbocycles. The molecule has 0 atom stereocenters. The summed E-state index contributed by atoms with van der Waals surface area (Å²) in [7, 11) is 3.05. The number of methoxy groups -OCH3 is 2. The van der Waals surface area contributed by atoms with Crippen molar-refractivity contribution < 1.29 is 28.5 Å². The Morgan fingerprint density at radius 3 is 1.82 bits per heavy atom. The van der Waals surface area contributed by atoms with E-state index in [0.717, 1.165) is 24.0 Å². The Balaban J connectivity index is 2.64. The summed E-state index contributed by atoms with van der Waals surface area (Å²) >= 11 is 0. The molecule has 0 bridgehead atoms.